The van der Waals surface area contributed by atoms with E-state index in [2.05, 4.69) is 0 Å². The van der Waals surface area contributed by atoms with Crippen molar-refractivity contribution in [1.82, 2.24) is 4.68 Å². The highest BCUT2D eigenvalue weighted by atomic mass is 16.5. The minimum Gasteiger partial charge on any atom is -0.462 e. The second kappa shape index (κ2) is 6.11. The van der Waals surface area contributed by atoms with Gasteiger partial charge < -0.3 is 15.2 Å². The molecule has 3 amide bonds. The topological polar surface area (TPSA) is 121 Å². The van der Waals surface area contributed by atoms with E-state index in [4.69, 9.17) is 15.2 Å². The summed E-state index contributed by atoms with van der Waals surface area (Å²) in [5, 5.41) is 0.691. The first-order chi connectivity index (χ1) is 10.8. The van der Waals surface area contributed by atoms with Crippen molar-refractivity contribution in [2.24, 2.45) is 5.73 Å². The molecular weight excluding hydrogens is 306 g/mol. The molecule has 0 saturated carbocycles. The normalized spacial score (nSPS) is 13.0. The van der Waals surface area contributed by atoms with E-state index in [1.807, 2.05) is 0 Å². The summed E-state index contributed by atoms with van der Waals surface area (Å²) in [6.07, 6.45) is -0.239. The van der Waals surface area contributed by atoms with Gasteiger partial charge in [0, 0.05) is 0 Å². The van der Waals surface area contributed by atoms with Crippen LogP contribution in [-0.2, 0) is 20.7 Å². The highest BCUT2D eigenvalue weighted by Crippen LogP contribution is 2.29. The number of aromatic nitrogens is 1. The minimum absolute atomic E-state index is 0.0287. The number of fused-ring (bicyclic) bond motifs is 1. The molecule has 0 unspecified atom stereocenters. The highest BCUT2D eigenvalue weighted by molar-refractivity contribution is 6.13. The number of carbonyl (C=O) groups excluding carboxylic acids is 4. The lowest BCUT2D eigenvalue weighted by molar-refractivity contribution is -0.117. The summed E-state index contributed by atoms with van der Waals surface area (Å²) >= 11 is 0. The number of carbonyl (C=O) groups is 4. The molecule has 124 valence electrons. The third-order valence-electron chi connectivity index (χ3n) is 3.40. The van der Waals surface area contributed by atoms with Crippen LogP contribution in [0, 0.1) is 6.92 Å². The van der Waals surface area contributed by atoms with Gasteiger partial charge in [0.25, 0.3) is 5.91 Å². The third kappa shape index (κ3) is 2.54. The van der Waals surface area contributed by atoms with E-state index in [1.54, 1.807) is 13.8 Å². The van der Waals surface area contributed by atoms with Crippen LogP contribution >= 0.6 is 0 Å². The molecule has 0 bridgehead atoms. The fourth-order valence-corrected chi connectivity index (χ4v) is 2.60. The van der Waals surface area contributed by atoms with E-state index >= 15 is 0 Å². The van der Waals surface area contributed by atoms with Crippen molar-refractivity contribution in [2.75, 3.05) is 18.2 Å². The van der Waals surface area contributed by atoms with Crippen LogP contribution in [0.4, 0.5) is 4.79 Å². The number of esters is 2. The molecule has 0 fully saturated rings. The van der Waals surface area contributed by atoms with Crippen molar-refractivity contribution >= 4 is 23.9 Å². The second-order valence-corrected chi connectivity index (χ2v) is 4.76. The zero-order valence-corrected chi connectivity index (χ0v) is 13.0. The number of nitrogens with zero attached hydrogens (tertiary/aromatic N) is 2. The number of primary amides is 1. The van der Waals surface area contributed by atoms with Crippen LogP contribution in [0.5, 0.6) is 0 Å². The number of amides is 3. The zero-order chi connectivity index (χ0) is 17.3. The molecule has 23 heavy (non-hydrogen) atoms. The first-order valence-electron chi connectivity index (χ1n) is 7.06. The van der Waals surface area contributed by atoms with Gasteiger partial charge in [-0.15, -0.1) is 0 Å². The Balaban J connectivity index is 2.69. The highest BCUT2D eigenvalue weighted by Gasteiger charge is 2.41. The molecule has 1 aliphatic rings. The molecule has 9 nitrogen and oxygen atoms in total. The van der Waals surface area contributed by atoms with Crippen molar-refractivity contribution in [3.63, 3.8) is 0 Å². The van der Waals surface area contributed by atoms with Crippen molar-refractivity contribution in [3.8, 4) is 0 Å². The Labute approximate surface area is 131 Å². The summed E-state index contributed by atoms with van der Waals surface area (Å²) in [4.78, 5) is 47.9. The zero-order valence-electron chi connectivity index (χ0n) is 13.0. The molecular formula is C14H17N3O6. The van der Waals surface area contributed by atoms with Crippen LogP contribution in [0.1, 0.15) is 46.0 Å². The van der Waals surface area contributed by atoms with Crippen LogP contribution in [0.3, 0.4) is 0 Å². The molecule has 2 heterocycles. The number of hydrogen-bond donors (Lipinski definition) is 1. The van der Waals surface area contributed by atoms with Gasteiger partial charge in [-0.1, -0.05) is 0 Å². The minimum atomic E-state index is -1.00. The van der Waals surface area contributed by atoms with Gasteiger partial charge in [-0.2, -0.15) is 5.01 Å². The molecule has 1 aromatic heterocycles. The van der Waals surface area contributed by atoms with E-state index in [0.717, 1.165) is 0 Å². The average molecular weight is 323 g/mol. The lowest BCUT2D eigenvalue weighted by Gasteiger charge is -2.15. The number of hydrogen-bond acceptors (Lipinski definition) is 6. The van der Waals surface area contributed by atoms with Gasteiger partial charge in [-0.25, -0.2) is 19.1 Å². The third-order valence-corrected chi connectivity index (χ3v) is 3.40. The van der Waals surface area contributed by atoms with E-state index in [1.165, 1.54) is 11.6 Å². The first kappa shape index (κ1) is 16.5. The van der Waals surface area contributed by atoms with Crippen LogP contribution in [-0.4, -0.2) is 41.8 Å². The Bertz CT molecular complexity index is 706. The summed E-state index contributed by atoms with van der Waals surface area (Å²) in [6.45, 7) is 4.94. The fourth-order valence-electron chi connectivity index (χ4n) is 2.60. The number of imide groups is 1. The quantitative estimate of drug-likeness (QED) is 0.793. The Morgan fingerprint density at radius 2 is 1.61 bits per heavy atom. The predicted molar refractivity (Wildman–Crippen MR) is 77.6 cm³/mol. The molecule has 0 radical (unpaired) electrons. The maximum absolute atomic E-state index is 12.2. The summed E-state index contributed by atoms with van der Waals surface area (Å²) in [6, 6.07) is -1.00. The van der Waals surface area contributed by atoms with Crippen molar-refractivity contribution in [2.45, 2.75) is 27.2 Å². The van der Waals surface area contributed by atoms with E-state index < -0.39 is 23.9 Å². The smallest absolute Gasteiger partial charge is 0.341 e. The van der Waals surface area contributed by atoms with Crippen LogP contribution in [0.15, 0.2) is 0 Å². The maximum atomic E-state index is 12.2. The Morgan fingerprint density at radius 3 is 2.09 bits per heavy atom. The monoisotopic (exact) mass is 323 g/mol. The average Bonchev–Trinajstić information content (AvgIpc) is 2.93. The SMILES string of the molecule is CCOC(=O)c1c(C(=O)OCC)c2n(c1C)N(C(N)=O)C(=O)C2. The standard InChI is InChI=1S/C14H17N3O6/c1-4-22-12(19)10-7(3)16-8(11(10)13(20)23-5-2)6-9(18)17(16)14(15)21/h4-6H2,1-3H3,(H2,15,21). The molecule has 1 aliphatic heterocycles. The van der Waals surface area contributed by atoms with Gasteiger partial charge >= 0.3 is 18.0 Å². The van der Waals surface area contributed by atoms with Crippen LogP contribution < -0.4 is 10.7 Å². The van der Waals surface area contributed by atoms with Crippen molar-refractivity contribution in [1.29, 1.82) is 0 Å². The summed E-state index contributed by atoms with van der Waals surface area (Å²) in [5.41, 5.74) is 5.52. The van der Waals surface area contributed by atoms with Crippen molar-refractivity contribution in [3.05, 3.63) is 22.5 Å². The predicted octanol–water partition coefficient (Wildman–Crippen LogP) is 0.249. The number of nitrogens with two attached hydrogens (primary N) is 1. The summed E-state index contributed by atoms with van der Waals surface area (Å²) in [7, 11) is 0. The Morgan fingerprint density at radius 1 is 1.09 bits per heavy atom. The molecule has 9 heteroatoms. The maximum Gasteiger partial charge on any atom is 0.341 e. The van der Waals surface area contributed by atoms with Gasteiger partial charge in [0.2, 0.25) is 0 Å². The molecule has 0 spiro atoms. The van der Waals surface area contributed by atoms with E-state index in [9.17, 15) is 19.2 Å². The van der Waals surface area contributed by atoms with Gasteiger partial charge in [-0.05, 0) is 20.8 Å². The van der Waals surface area contributed by atoms with Gasteiger partial charge in [0.05, 0.1) is 42.1 Å². The number of urea groups is 1. The molecule has 2 rings (SSSR count). The number of ether oxygens (including phenoxy) is 2. The summed E-state index contributed by atoms with van der Waals surface area (Å²) < 4.78 is 11.1. The van der Waals surface area contributed by atoms with Gasteiger partial charge in [0.1, 0.15) is 0 Å². The molecule has 0 atom stereocenters. The lowest BCUT2D eigenvalue weighted by atomic mass is 10.1. The Hall–Kier alpha value is -2.84. The molecule has 1 aromatic rings. The molecule has 0 aliphatic carbocycles. The fraction of sp³-hybridized carbons (Fsp3) is 0.429. The largest absolute Gasteiger partial charge is 0.462 e. The van der Waals surface area contributed by atoms with Gasteiger partial charge in [-0.3, -0.25) is 4.79 Å². The first-order valence-corrected chi connectivity index (χ1v) is 7.06. The molecule has 0 aromatic carbocycles. The summed E-state index contributed by atoms with van der Waals surface area (Å²) in [5.74, 6) is -2.07. The lowest BCUT2D eigenvalue weighted by Crippen LogP contribution is -2.45. The van der Waals surface area contributed by atoms with Crippen molar-refractivity contribution < 1.29 is 28.7 Å². The van der Waals surface area contributed by atoms with Gasteiger partial charge in [0.15, 0.2) is 0 Å². The van der Waals surface area contributed by atoms with Crippen LogP contribution in [0.2, 0.25) is 0 Å². The number of rotatable bonds is 4. The molecule has 2 N–H and O–H groups in total. The Kier molecular flexibility index (Phi) is 4.39. The second-order valence-electron chi connectivity index (χ2n) is 4.76. The van der Waals surface area contributed by atoms with E-state index in [0.29, 0.717) is 5.01 Å². The van der Waals surface area contributed by atoms with E-state index in [-0.39, 0.29) is 42.1 Å². The molecule has 0 saturated heterocycles. The van der Waals surface area contributed by atoms with Crippen LogP contribution in [0.25, 0.3) is 0 Å².